The molecule has 2 aromatic carbocycles. The number of carbonyl (C=O) groups excluding carboxylic acids is 2. The fourth-order valence-corrected chi connectivity index (χ4v) is 3.37. The van der Waals surface area contributed by atoms with Crippen molar-refractivity contribution < 1.29 is 14.3 Å². The quantitative estimate of drug-likeness (QED) is 0.724. The summed E-state index contributed by atoms with van der Waals surface area (Å²) in [5.41, 5.74) is 3.32. The van der Waals surface area contributed by atoms with Crippen molar-refractivity contribution in [3.63, 3.8) is 0 Å². The van der Waals surface area contributed by atoms with Crippen LogP contribution in [-0.2, 0) is 17.8 Å². The number of benzene rings is 2. The molecule has 0 atom stereocenters. The maximum absolute atomic E-state index is 12.4. The lowest BCUT2D eigenvalue weighted by molar-refractivity contribution is -0.116. The van der Waals surface area contributed by atoms with Crippen molar-refractivity contribution in [2.45, 2.75) is 19.9 Å². The molecule has 2 heterocycles. The monoisotopic (exact) mass is 387 g/mol. The van der Waals surface area contributed by atoms with Gasteiger partial charge in [-0.05, 0) is 41.8 Å². The molecule has 0 radical (unpaired) electrons. The SMILES string of the molecule is CC(=O)N1CCc2cc(Oc3ccnc(C(=O)NCc4ccccc4)c3)ccc21. The Morgan fingerprint density at radius 3 is 2.66 bits per heavy atom. The lowest BCUT2D eigenvalue weighted by Gasteiger charge is -2.15. The maximum Gasteiger partial charge on any atom is 0.270 e. The molecule has 2 amide bonds. The highest BCUT2D eigenvalue weighted by Crippen LogP contribution is 2.33. The molecule has 1 aromatic heterocycles. The molecular weight excluding hydrogens is 366 g/mol. The third kappa shape index (κ3) is 4.27. The van der Waals surface area contributed by atoms with Crippen molar-refractivity contribution in [1.29, 1.82) is 0 Å². The molecule has 6 nitrogen and oxygen atoms in total. The van der Waals surface area contributed by atoms with Crippen LogP contribution in [0.4, 0.5) is 5.69 Å². The summed E-state index contributed by atoms with van der Waals surface area (Å²) in [6.45, 7) is 2.69. The van der Waals surface area contributed by atoms with Gasteiger partial charge in [-0.2, -0.15) is 0 Å². The number of nitrogens with one attached hydrogen (secondary N) is 1. The number of aromatic nitrogens is 1. The summed E-state index contributed by atoms with van der Waals surface area (Å²) in [6, 6.07) is 18.7. The minimum absolute atomic E-state index is 0.0395. The maximum atomic E-state index is 12.4. The molecule has 1 N–H and O–H groups in total. The Kier molecular flexibility index (Phi) is 5.24. The third-order valence-electron chi connectivity index (χ3n) is 4.82. The van der Waals surface area contributed by atoms with Gasteiger partial charge in [0.2, 0.25) is 5.91 Å². The third-order valence-corrected chi connectivity index (χ3v) is 4.82. The van der Waals surface area contributed by atoms with Gasteiger partial charge in [0, 0.05) is 38.0 Å². The summed E-state index contributed by atoms with van der Waals surface area (Å²) in [5, 5.41) is 2.86. The van der Waals surface area contributed by atoms with Gasteiger partial charge in [0.05, 0.1) is 0 Å². The Labute approximate surface area is 169 Å². The van der Waals surface area contributed by atoms with Crippen LogP contribution in [0.15, 0.2) is 66.9 Å². The summed E-state index contributed by atoms with van der Waals surface area (Å²) >= 11 is 0. The number of hydrogen-bond acceptors (Lipinski definition) is 4. The number of pyridine rings is 1. The van der Waals surface area contributed by atoms with Crippen molar-refractivity contribution >= 4 is 17.5 Å². The molecule has 0 bridgehead atoms. The number of anilines is 1. The van der Waals surface area contributed by atoms with E-state index in [9.17, 15) is 9.59 Å². The van der Waals surface area contributed by atoms with Gasteiger partial charge in [-0.1, -0.05) is 30.3 Å². The molecule has 0 saturated carbocycles. The zero-order valence-corrected chi connectivity index (χ0v) is 16.1. The van der Waals surface area contributed by atoms with Gasteiger partial charge in [-0.25, -0.2) is 0 Å². The molecule has 1 aliphatic heterocycles. The predicted molar refractivity (Wildman–Crippen MR) is 110 cm³/mol. The van der Waals surface area contributed by atoms with Gasteiger partial charge >= 0.3 is 0 Å². The normalized spacial score (nSPS) is 12.4. The smallest absolute Gasteiger partial charge is 0.270 e. The second kappa shape index (κ2) is 8.14. The van der Waals surface area contributed by atoms with E-state index in [2.05, 4.69) is 10.3 Å². The molecule has 4 rings (SSSR count). The van der Waals surface area contributed by atoms with E-state index in [1.54, 1.807) is 30.2 Å². The van der Waals surface area contributed by atoms with Crippen molar-refractivity contribution in [1.82, 2.24) is 10.3 Å². The number of ether oxygens (including phenoxy) is 1. The second-order valence-electron chi connectivity index (χ2n) is 6.86. The van der Waals surface area contributed by atoms with Crippen molar-refractivity contribution in [3.8, 4) is 11.5 Å². The van der Waals surface area contributed by atoms with Crippen LogP contribution in [0.3, 0.4) is 0 Å². The van der Waals surface area contributed by atoms with Crippen LogP contribution in [-0.4, -0.2) is 23.3 Å². The minimum atomic E-state index is -0.259. The number of hydrogen-bond donors (Lipinski definition) is 1. The molecule has 29 heavy (non-hydrogen) atoms. The highest BCUT2D eigenvalue weighted by atomic mass is 16.5. The molecule has 0 saturated heterocycles. The van der Waals surface area contributed by atoms with Gasteiger partial charge in [0.1, 0.15) is 17.2 Å². The fraction of sp³-hybridized carbons (Fsp3) is 0.174. The van der Waals surface area contributed by atoms with E-state index < -0.39 is 0 Å². The van der Waals surface area contributed by atoms with Crippen LogP contribution >= 0.6 is 0 Å². The van der Waals surface area contributed by atoms with Crippen LogP contribution in [0.25, 0.3) is 0 Å². The first kappa shape index (κ1) is 18.7. The number of carbonyl (C=O) groups is 2. The Morgan fingerprint density at radius 2 is 1.86 bits per heavy atom. The van der Waals surface area contributed by atoms with Gasteiger partial charge in [0.15, 0.2) is 0 Å². The highest BCUT2D eigenvalue weighted by Gasteiger charge is 2.22. The van der Waals surface area contributed by atoms with Gasteiger partial charge < -0.3 is 15.0 Å². The molecule has 0 spiro atoms. The average molecular weight is 387 g/mol. The standard InChI is InChI=1S/C23H21N3O3/c1-16(27)26-12-10-18-13-19(7-8-22(18)26)29-20-9-11-24-21(14-20)23(28)25-15-17-5-3-2-4-6-17/h2-9,11,13-14H,10,12,15H2,1H3,(H,25,28). The molecule has 146 valence electrons. The lowest BCUT2D eigenvalue weighted by atomic mass is 10.1. The van der Waals surface area contributed by atoms with Crippen molar-refractivity contribution in [3.05, 3.63) is 83.7 Å². The molecular formula is C23H21N3O3. The van der Waals surface area contributed by atoms with E-state index >= 15 is 0 Å². The van der Waals surface area contributed by atoms with Crippen molar-refractivity contribution in [2.24, 2.45) is 0 Å². The van der Waals surface area contributed by atoms with E-state index in [0.29, 0.717) is 30.3 Å². The van der Waals surface area contributed by atoms with Crippen LogP contribution in [0.1, 0.15) is 28.5 Å². The lowest BCUT2D eigenvalue weighted by Crippen LogP contribution is -2.25. The minimum Gasteiger partial charge on any atom is -0.457 e. The largest absolute Gasteiger partial charge is 0.457 e. The van der Waals surface area contributed by atoms with Crippen LogP contribution in [0.2, 0.25) is 0 Å². The number of nitrogens with zero attached hydrogens (tertiary/aromatic N) is 2. The van der Waals surface area contributed by atoms with Gasteiger partial charge in [-0.3, -0.25) is 14.6 Å². The van der Waals surface area contributed by atoms with E-state index in [0.717, 1.165) is 23.2 Å². The van der Waals surface area contributed by atoms with Gasteiger partial charge in [-0.15, -0.1) is 0 Å². The fourth-order valence-electron chi connectivity index (χ4n) is 3.37. The first-order valence-electron chi connectivity index (χ1n) is 9.47. The molecule has 3 aromatic rings. The predicted octanol–water partition coefficient (Wildman–Crippen LogP) is 3.71. The topological polar surface area (TPSA) is 71.5 Å². The van der Waals surface area contributed by atoms with Crippen LogP contribution < -0.4 is 15.0 Å². The molecule has 1 aliphatic rings. The Bertz CT molecular complexity index is 1050. The van der Waals surface area contributed by atoms with E-state index in [1.807, 2.05) is 48.5 Å². The summed E-state index contributed by atoms with van der Waals surface area (Å²) < 4.78 is 5.93. The Balaban J connectivity index is 1.44. The summed E-state index contributed by atoms with van der Waals surface area (Å²) in [4.78, 5) is 30.0. The summed E-state index contributed by atoms with van der Waals surface area (Å²) in [6.07, 6.45) is 2.35. The summed E-state index contributed by atoms with van der Waals surface area (Å²) in [5.74, 6) is 0.977. The number of fused-ring (bicyclic) bond motifs is 1. The van der Waals surface area contributed by atoms with E-state index in [4.69, 9.17) is 4.74 Å². The van der Waals surface area contributed by atoms with Crippen molar-refractivity contribution in [2.75, 3.05) is 11.4 Å². The Morgan fingerprint density at radius 1 is 1.07 bits per heavy atom. The Hall–Kier alpha value is -3.67. The zero-order valence-electron chi connectivity index (χ0n) is 16.1. The summed E-state index contributed by atoms with van der Waals surface area (Å²) in [7, 11) is 0. The first-order chi connectivity index (χ1) is 14.1. The first-order valence-corrected chi connectivity index (χ1v) is 9.47. The van der Waals surface area contributed by atoms with E-state index in [1.165, 1.54) is 0 Å². The molecule has 0 unspecified atom stereocenters. The molecule has 0 fully saturated rings. The second-order valence-corrected chi connectivity index (χ2v) is 6.86. The van der Waals surface area contributed by atoms with Crippen LogP contribution in [0, 0.1) is 0 Å². The number of amides is 2. The number of rotatable bonds is 5. The van der Waals surface area contributed by atoms with E-state index in [-0.39, 0.29) is 11.8 Å². The average Bonchev–Trinajstić information content (AvgIpc) is 3.16. The highest BCUT2D eigenvalue weighted by molar-refractivity contribution is 5.94. The molecule has 0 aliphatic carbocycles. The molecule has 6 heteroatoms. The zero-order chi connectivity index (χ0) is 20.2. The van der Waals surface area contributed by atoms with Gasteiger partial charge in [0.25, 0.3) is 5.91 Å². The van der Waals surface area contributed by atoms with Crippen LogP contribution in [0.5, 0.6) is 11.5 Å².